The molecule has 1 aromatic carbocycles. The van der Waals surface area contributed by atoms with Crippen LogP contribution in [0.15, 0.2) is 18.2 Å². The van der Waals surface area contributed by atoms with Gasteiger partial charge in [0.2, 0.25) is 0 Å². The smallest absolute Gasteiger partial charge is 0.152 e. The minimum Gasteiger partial charge on any atom is -0.298 e. The Balaban J connectivity index is 3.09. The van der Waals surface area contributed by atoms with Crippen molar-refractivity contribution in [2.24, 2.45) is 0 Å². The maximum absolute atomic E-state index is 12.8. The van der Waals surface area contributed by atoms with Crippen molar-refractivity contribution in [1.29, 1.82) is 0 Å². The van der Waals surface area contributed by atoms with Gasteiger partial charge in [0.1, 0.15) is 5.82 Å². The molecule has 0 aliphatic heterocycles. The summed E-state index contributed by atoms with van der Waals surface area (Å²) in [7, 11) is 0. The first-order chi connectivity index (χ1) is 5.27. The van der Waals surface area contributed by atoms with Crippen molar-refractivity contribution in [2.75, 3.05) is 0 Å². The lowest BCUT2D eigenvalue weighted by Crippen LogP contribution is -1.88. The predicted octanol–water partition coefficient (Wildman–Crippen LogP) is 2.07. The molecule has 0 unspecified atom stereocenters. The van der Waals surface area contributed by atoms with Gasteiger partial charge in [0.25, 0.3) is 0 Å². The van der Waals surface area contributed by atoms with Crippen molar-refractivity contribution in [2.45, 2.75) is 5.75 Å². The molecule has 11 heavy (non-hydrogen) atoms. The van der Waals surface area contributed by atoms with E-state index in [2.05, 4.69) is 12.6 Å². The topological polar surface area (TPSA) is 17.1 Å². The number of rotatable bonds is 2. The van der Waals surface area contributed by atoms with Gasteiger partial charge < -0.3 is 0 Å². The molecule has 0 atom stereocenters. The fraction of sp³-hybridized carbons (Fsp3) is 0.125. The van der Waals surface area contributed by atoms with E-state index in [1.54, 1.807) is 6.07 Å². The van der Waals surface area contributed by atoms with Gasteiger partial charge in [0.05, 0.1) is 5.56 Å². The Labute approximate surface area is 69.6 Å². The van der Waals surface area contributed by atoms with Crippen LogP contribution in [0.1, 0.15) is 15.9 Å². The monoisotopic (exact) mass is 170 g/mol. The molecule has 0 aliphatic rings. The highest BCUT2D eigenvalue weighted by atomic mass is 32.1. The van der Waals surface area contributed by atoms with Gasteiger partial charge in [-0.25, -0.2) is 4.39 Å². The van der Waals surface area contributed by atoms with E-state index in [0.717, 1.165) is 5.56 Å². The molecule has 0 fully saturated rings. The molecule has 0 spiro atoms. The Hall–Kier alpha value is -0.830. The van der Waals surface area contributed by atoms with E-state index in [-0.39, 0.29) is 5.56 Å². The number of thiol groups is 1. The van der Waals surface area contributed by atoms with Crippen molar-refractivity contribution in [3.8, 4) is 0 Å². The van der Waals surface area contributed by atoms with Crippen LogP contribution in [0.25, 0.3) is 0 Å². The lowest BCUT2D eigenvalue weighted by Gasteiger charge is -1.97. The number of halogens is 1. The predicted molar refractivity (Wildman–Crippen MR) is 44.5 cm³/mol. The normalized spacial score (nSPS) is 9.64. The lowest BCUT2D eigenvalue weighted by molar-refractivity contribution is 0.112. The third kappa shape index (κ3) is 1.80. The van der Waals surface area contributed by atoms with Crippen LogP contribution in [-0.4, -0.2) is 6.29 Å². The van der Waals surface area contributed by atoms with Crippen LogP contribution in [0.2, 0.25) is 0 Å². The van der Waals surface area contributed by atoms with E-state index in [9.17, 15) is 9.18 Å². The minimum atomic E-state index is -0.480. The number of benzene rings is 1. The fourth-order valence-electron chi connectivity index (χ4n) is 0.765. The van der Waals surface area contributed by atoms with Gasteiger partial charge in [-0.1, -0.05) is 6.07 Å². The average Bonchev–Trinajstić information content (AvgIpc) is 2.04. The third-order valence-electron chi connectivity index (χ3n) is 1.37. The van der Waals surface area contributed by atoms with Gasteiger partial charge in [0, 0.05) is 5.75 Å². The second-order valence-electron chi connectivity index (χ2n) is 2.13. The Bertz CT molecular complexity index is 273. The lowest BCUT2D eigenvalue weighted by atomic mass is 10.1. The Kier molecular flexibility index (Phi) is 2.65. The first-order valence-electron chi connectivity index (χ1n) is 3.12. The van der Waals surface area contributed by atoms with Crippen molar-refractivity contribution in [1.82, 2.24) is 0 Å². The van der Waals surface area contributed by atoms with Gasteiger partial charge in [-0.05, 0) is 17.7 Å². The van der Waals surface area contributed by atoms with Crippen LogP contribution >= 0.6 is 12.6 Å². The molecule has 0 aromatic heterocycles. The molecule has 3 heteroatoms. The van der Waals surface area contributed by atoms with E-state index < -0.39 is 5.82 Å². The zero-order valence-electron chi connectivity index (χ0n) is 5.75. The number of hydrogen-bond donors (Lipinski definition) is 1. The van der Waals surface area contributed by atoms with Crippen molar-refractivity contribution in [3.63, 3.8) is 0 Å². The van der Waals surface area contributed by atoms with Crippen molar-refractivity contribution in [3.05, 3.63) is 35.1 Å². The van der Waals surface area contributed by atoms with Crippen LogP contribution in [0.4, 0.5) is 4.39 Å². The average molecular weight is 170 g/mol. The molecule has 1 rings (SSSR count). The van der Waals surface area contributed by atoms with E-state index >= 15 is 0 Å². The minimum absolute atomic E-state index is 0.0931. The first-order valence-corrected chi connectivity index (χ1v) is 3.75. The maximum atomic E-state index is 12.8. The summed E-state index contributed by atoms with van der Waals surface area (Å²) >= 11 is 3.97. The summed E-state index contributed by atoms with van der Waals surface area (Å²) in [4.78, 5) is 10.2. The van der Waals surface area contributed by atoms with Gasteiger partial charge in [0.15, 0.2) is 6.29 Å². The second-order valence-corrected chi connectivity index (χ2v) is 2.45. The van der Waals surface area contributed by atoms with E-state index in [4.69, 9.17) is 0 Å². The Morgan fingerprint density at radius 2 is 2.27 bits per heavy atom. The first kappa shape index (κ1) is 8.27. The summed E-state index contributed by atoms with van der Waals surface area (Å²) in [5, 5.41) is 0. The standard InChI is InChI=1S/C8H7FOS/c9-8-3-6(5-11)1-2-7(8)4-10/h1-4,11H,5H2. The molecular formula is C8H7FOS. The highest BCUT2D eigenvalue weighted by Gasteiger charge is 2.00. The van der Waals surface area contributed by atoms with Crippen LogP contribution < -0.4 is 0 Å². The molecule has 1 aromatic rings. The van der Waals surface area contributed by atoms with E-state index in [1.807, 2.05) is 0 Å². The molecular weight excluding hydrogens is 163 g/mol. The second kappa shape index (κ2) is 3.53. The van der Waals surface area contributed by atoms with Crippen LogP contribution in [-0.2, 0) is 5.75 Å². The molecule has 0 saturated carbocycles. The number of hydrogen-bond acceptors (Lipinski definition) is 2. The van der Waals surface area contributed by atoms with Crippen LogP contribution in [0, 0.1) is 5.82 Å². The van der Waals surface area contributed by atoms with Crippen molar-refractivity contribution < 1.29 is 9.18 Å². The number of carbonyl (C=O) groups is 1. The molecule has 0 heterocycles. The molecule has 0 bridgehead atoms. The molecule has 0 N–H and O–H groups in total. The van der Waals surface area contributed by atoms with Gasteiger partial charge in [-0.3, -0.25) is 4.79 Å². The molecule has 0 saturated heterocycles. The molecule has 1 nitrogen and oxygen atoms in total. The maximum Gasteiger partial charge on any atom is 0.152 e. The highest BCUT2D eigenvalue weighted by Crippen LogP contribution is 2.09. The fourth-order valence-corrected chi connectivity index (χ4v) is 0.961. The molecule has 58 valence electrons. The molecule has 0 radical (unpaired) electrons. The van der Waals surface area contributed by atoms with E-state index in [1.165, 1.54) is 12.1 Å². The summed E-state index contributed by atoms with van der Waals surface area (Å²) in [6, 6.07) is 4.45. The zero-order chi connectivity index (χ0) is 8.27. The Morgan fingerprint density at radius 3 is 2.73 bits per heavy atom. The number of carbonyl (C=O) groups excluding carboxylic acids is 1. The SMILES string of the molecule is O=Cc1ccc(CS)cc1F. The quantitative estimate of drug-likeness (QED) is 0.531. The highest BCUT2D eigenvalue weighted by molar-refractivity contribution is 7.79. The van der Waals surface area contributed by atoms with Gasteiger partial charge in [-0.15, -0.1) is 0 Å². The zero-order valence-corrected chi connectivity index (χ0v) is 6.64. The summed E-state index contributed by atoms with van der Waals surface area (Å²) < 4.78 is 12.8. The third-order valence-corrected chi connectivity index (χ3v) is 1.74. The largest absolute Gasteiger partial charge is 0.298 e. The summed E-state index contributed by atoms with van der Waals surface area (Å²) in [6.07, 6.45) is 0.498. The summed E-state index contributed by atoms with van der Waals surface area (Å²) in [6.45, 7) is 0. The van der Waals surface area contributed by atoms with E-state index in [0.29, 0.717) is 12.0 Å². The number of aldehydes is 1. The Morgan fingerprint density at radius 1 is 1.55 bits per heavy atom. The summed E-state index contributed by atoms with van der Waals surface area (Å²) in [5.41, 5.74) is 0.868. The molecule has 0 aliphatic carbocycles. The van der Waals surface area contributed by atoms with Crippen LogP contribution in [0.3, 0.4) is 0 Å². The summed E-state index contributed by atoms with van der Waals surface area (Å²) in [5.74, 6) is 0.00215. The van der Waals surface area contributed by atoms with Gasteiger partial charge >= 0.3 is 0 Å². The van der Waals surface area contributed by atoms with Crippen molar-refractivity contribution >= 4 is 18.9 Å². The van der Waals surface area contributed by atoms with Crippen LogP contribution in [0.5, 0.6) is 0 Å². The van der Waals surface area contributed by atoms with Gasteiger partial charge in [-0.2, -0.15) is 12.6 Å². The molecule has 0 amide bonds.